The van der Waals surface area contributed by atoms with Gasteiger partial charge in [-0.2, -0.15) is 5.10 Å². The van der Waals surface area contributed by atoms with Gasteiger partial charge in [-0.15, -0.1) is 0 Å². The highest BCUT2D eigenvalue weighted by Crippen LogP contribution is 2.40. The van der Waals surface area contributed by atoms with Crippen molar-refractivity contribution in [3.8, 4) is 16.9 Å². The number of sulfonamides is 1. The Balaban J connectivity index is 1.85. The van der Waals surface area contributed by atoms with Crippen LogP contribution in [0.25, 0.3) is 16.9 Å². The lowest BCUT2D eigenvalue weighted by atomic mass is 10.1. The van der Waals surface area contributed by atoms with E-state index in [1.54, 1.807) is 42.5 Å². The molecule has 0 atom stereocenters. The van der Waals surface area contributed by atoms with Gasteiger partial charge in [-0.25, -0.2) is 31.0 Å². The molecule has 2 heterocycles. The molecule has 9 nitrogen and oxygen atoms in total. The topological polar surface area (TPSA) is 135 Å². The molecule has 0 saturated carbocycles. The molecule has 11 heteroatoms. The standard InChI is InChI=1S/C19H17N3O6S2/c1-29(25,26)20-10-12-6-8-13(9-7-12)22-18-14-4-2-3-5-16(14)30(27,28)11-15(18)17(21-22)19(23)24/h2-9,20H,10-11H2,1H3,(H,23,24). The quantitative estimate of drug-likeness (QED) is 0.606. The van der Waals surface area contributed by atoms with Gasteiger partial charge in [0.1, 0.15) is 0 Å². The van der Waals surface area contributed by atoms with Gasteiger partial charge >= 0.3 is 5.97 Å². The second-order valence-electron chi connectivity index (χ2n) is 6.91. The lowest BCUT2D eigenvalue weighted by Gasteiger charge is -2.19. The largest absolute Gasteiger partial charge is 0.476 e. The second kappa shape index (κ2) is 7.04. The third-order valence-corrected chi connectivity index (χ3v) is 7.08. The van der Waals surface area contributed by atoms with Crippen LogP contribution in [0.1, 0.15) is 21.6 Å². The van der Waals surface area contributed by atoms with E-state index in [1.807, 2.05) is 0 Å². The minimum absolute atomic E-state index is 0.109. The number of rotatable bonds is 5. The highest BCUT2D eigenvalue weighted by atomic mass is 32.2. The van der Waals surface area contributed by atoms with Crippen molar-refractivity contribution in [2.45, 2.75) is 17.2 Å². The summed E-state index contributed by atoms with van der Waals surface area (Å²) >= 11 is 0. The Morgan fingerprint density at radius 2 is 1.83 bits per heavy atom. The van der Waals surface area contributed by atoms with Crippen molar-refractivity contribution >= 4 is 25.8 Å². The van der Waals surface area contributed by atoms with E-state index in [0.717, 1.165) is 6.26 Å². The summed E-state index contributed by atoms with van der Waals surface area (Å²) in [5, 5.41) is 13.8. The van der Waals surface area contributed by atoms with E-state index >= 15 is 0 Å². The van der Waals surface area contributed by atoms with Gasteiger partial charge in [0.2, 0.25) is 10.0 Å². The number of fused-ring (bicyclic) bond motifs is 3. The van der Waals surface area contributed by atoms with Crippen LogP contribution in [0, 0.1) is 0 Å². The third kappa shape index (κ3) is 3.62. The fraction of sp³-hybridized carbons (Fsp3) is 0.158. The molecule has 1 aliphatic heterocycles. The molecule has 3 aromatic rings. The molecule has 0 radical (unpaired) electrons. The minimum atomic E-state index is -3.69. The zero-order valence-electron chi connectivity index (χ0n) is 15.7. The molecule has 4 rings (SSSR count). The van der Waals surface area contributed by atoms with Crippen molar-refractivity contribution < 1.29 is 26.7 Å². The number of hydrogen-bond donors (Lipinski definition) is 2. The third-order valence-electron chi connectivity index (χ3n) is 4.72. The fourth-order valence-electron chi connectivity index (χ4n) is 3.39. The first kappa shape index (κ1) is 20.3. The van der Waals surface area contributed by atoms with Crippen molar-refractivity contribution in [3.63, 3.8) is 0 Å². The second-order valence-corrected chi connectivity index (χ2v) is 10.7. The van der Waals surface area contributed by atoms with Crippen molar-refractivity contribution in [2.24, 2.45) is 0 Å². The average Bonchev–Trinajstić information content (AvgIpc) is 3.05. The van der Waals surface area contributed by atoms with E-state index in [0.29, 0.717) is 22.5 Å². The SMILES string of the molecule is CS(=O)(=O)NCc1ccc(-n2nc(C(=O)O)c3c2-c2ccccc2S(=O)(=O)C3)cc1. The van der Waals surface area contributed by atoms with Gasteiger partial charge in [-0.05, 0) is 23.8 Å². The zero-order valence-corrected chi connectivity index (χ0v) is 17.4. The molecule has 0 saturated heterocycles. The van der Waals surface area contributed by atoms with E-state index in [1.165, 1.54) is 10.7 Å². The van der Waals surface area contributed by atoms with Crippen LogP contribution in [0.3, 0.4) is 0 Å². The number of carboxylic acid groups (broad SMARTS) is 1. The maximum Gasteiger partial charge on any atom is 0.356 e. The number of hydrogen-bond acceptors (Lipinski definition) is 6. The molecule has 1 aliphatic rings. The number of sulfone groups is 1. The first-order chi connectivity index (χ1) is 14.1. The molecular weight excluding hydrogens is 430 g/mol. The lowest BCUT2D eigenvalue weighted by Crippen LogP contribution is -2.21. The summed E-state index contributed by atoms with van der Waals surface area (Å²) in [5.41, 5.74) is 1.86. The molecule has 0 unspecified atom stereocenters. The number of aromatic carboxylic acids is 1. The summed E-state index contributed by atoms with van der Waals surface area (Å²) in [6.07, 6.45) is 1.07. The Hall–Kier alpha value is -3.02. The van der Waals surface area contributed by atoms with E-state index < -0.39 is 31.6 Å². The number of carbonyl (C=O) groups is 1. The molecule has 156 valence electrons. The monoisotopic (exact) mass is 447 g/mol. The van der Waals surface area contributed by atoms with E-state index in [2.05, 4.69) is 9.82 Å². The van der Waals surface area contributed by atoms with E-state index in [9.17, 15) is 26.7 Å². The van der Waals surface area contributed by atoms with Crippen molar-refractivity contribution in [1.82, 2.24) is 14.5 Å². The Kier molecular flexibility index (Phi) is 4.76. The summed E-state index contributed by atoms with van der Waals surface area (Å²) in [6.45, 7) is 0.109. The lowest BCUT2D eigenvalue weighted by molar-refractivity contribution is 0.0689. The van der Waals surface area contributed by atoms with Crippen LogP contribution < -0.4 is 4.72 Å². The van der Waals surface area contributed by atoms with Crippen LogP contribution in [-0.2, 0) is 32.2 Å². The minimum Gasteiger partial charge on any atom is -0.476 e. The first-order valence-corrected chi connectivity index (χ1v) is 12.3. The van der Waals surface area contributed by atoms with Crippen molar-refractivity contribution in [1.29, 1.82) is 0 Å². The highest BCUT2D eigenvalue weighted by molar-refractivity contribution is 7.91. The number of benzene rings is 2. The number of aromatic nitrogens is 2. The predicted molar refractivity (Wildman–Crippen MR) is 109 cm³/mol. The van der Waals surface area contributed by atoms with Gasteiger partial charge in [-0.3, -0.25) is 0 Å². The van der Waals surface area contributed by atoms with Gasteiger partial charge in [0.05, 0.1) is 28.3 Å². The van der Waals surface area contributed by atoms with Crippen LogP contribution >= 0.6 is 0 Å². The summed E-state index contributed by atoms with van der Waals surface area (Å²) in [7, 11) is -7.03. The number of nitrogens with zero attached hydrogens (tertiary/aromatic N) is 2. The fourth-order valence-corrected chi connectivity index (χ4v) is 5.42. The Bertz CT molecular complexity index is 1370. The first-order valence-electron chi connectivity index (χ1n) is 8.78. The number of carboxylic acids is 1. The van der Waals surface area contributed by atoms with Gasteiger partial charge in [-0.1, -0.05) is 30.3 Å². The molecule has 0 bridgehead atoms. The summed E-state index contributed by atoms with van der Waals surface area (Å²) in [5.74, 6) is -1.76. The molecule has 0 aliphatic carbocycles. The van der Waals surface area contributed by atoms with Gasteiger partial charge in [0.15, 0.2) is 15.5 Å². The van der Waals surface area contributed by atoms with E-state index in [4.69, 9.17) is 0 Å². The van der Waals surface area contributed by atoms with Gasteiger partial charge < -0.3 is 5.11 Å². The Labute approximate surface area is 172 Å². The van der Waals surface area contributed by atoms with Crippen LogP contribution in [0.15, 0.2) is 53.4 Å². The van der Waals surface area contributed by atoms with Crippen molar-refractivity contribution in [3.05, 3.63) is 65.4 Å². The highest BCUT2D eigenvalue weighted by Gasteiger charge is 2.35. The maximum atomic E-state index is 12.7. The average molecular weight is 447 g/mol. The molecule has 1 aromatic heterocycles. The molecule has 0 spiro atoms. The van der Waals surface area contributed by atoms with Crippen LogP contribution in [-0.4, -0.2) is 43.9 Å². The molecule has 0 fully saturated rings. The van der Waals surface area contributed by atoms with Crippen LogP contribution in [0.4, 0.5) is 0 Å². The van der Waals surface area contributed by atoms with Crippen LogP contribution in [0.2, 0.25) is 0 Å². The smallest absolute Gasteiger partial charge is 0.356 e. The molecule has 2 aromatic carbocycles. The zero-order chi connectivity index (χ0) is 21.7. The predicted octanol–water partition coefficient (Wildman–Crippen LogP) is 1.57. The molecular formula is C19H17N3O6S2. The number of nitrogens with one attached hydrogen (secondary N) is 1. The van der Waals surface area contributed by atoms with Crippen molar-refractivity contribution in [2.75, 3.05) is 6.26 Å². The normalized spacial score (nSPS) is 14.7. The summed E-state index contributed by atoms with van der Waals surface area (Å²) in [4.78, 5) is 11.9. The molecule has 0 amide bonds. The van der Waals surface area contributed by atoms with Crippen LogP contribution in [0.5, 0.6) is 0 Å². The summed E-state index contributed by atoms with van der Waals surface area (Å²) in [6, 6.07) is 13.1. The van der Waals surface area contributed by atoms with Gasteiger partial charge in [0, 0.05) is 17.7 Å². The van der Waals surface area contributed by atoms with E-state index in [-0.39, 0.29) is 22.7 Å². The van der Waals surface area contributed by atoms with Gasteiger partial charge in [0.25, 0.3) is 0 Å². The summed E-state index contributed by atoms with van der Waals surface area (Å²) < 4.78 is 51.7. The Morgan fingerprint density at radius 1 is 1.17 bits per heavy atom. The molecule has 30 heavy (non-hydrogen) atoms. The Morgan fingerprint density at radius 3 is 2.47 bits per heavy atom. The molecule has 2 N–H and O–H groups in total. The maximum absolute atomic E-state index is 12.7.